The summed E-state index contributed by atoms with van der Waals surface area (Å²) in [5.74, 6) is 2.19. The minimum Gasteiger partial charge on any atom is -0.310 e. The van der Waals surface area contributed by atoms with Gasteiger partial charge in [-0.15, -0.1) is 11.8 Å². The van der Waals surface area contributed by atoms with E-state index in [1.165, 1.54) is 61.3 Å². The van der Waals surface area contributed by atoms with Gasteiger partial charge >= 0.3 is 0 Å². The molecule has 1 nitrogen and oxygen atoms in total. The van der Waals surface area contributed by atoms with Crippen LogP contribution in [0.2, 0.25) is 0 Å². The van der Waals surface area contributed by atoms with Crippen molar-refractivity contribution in [1.29, 1.82) is 0 Å². The van der Waals surface area contributed by atoms with E-state index < -0.39 is 0 Å². The summed E-state index contributed by atoms with van der Waals surface area (Å²) >= 11 is 2.01. The number of nitrogens with one attached hydrogen (secondary N) is 1. The molecule has 3 rings (SSSR count). The lowest BCUT2D eigenvalue weighted by Gasteiger charge is -2.29. The van der Waals surface area contributed by atoms with Crippen molar-refractivity contribution in [3.8, 4) is 0 Å². The quantitative estimate of drug-likeness (QED) is 0.866. The van der Waals surface area contributed by atoms with Crippen molar-refractivity contribution in [1.82, 2.24) is 5.32 Å². The summed E-state index contributed by atoms with van der Waals surface area (Å²) in [5, 5.41) is 3.83. The van der Waals surface area contributed by atoms with E-state index in [-0.39, 0.29) is 0 Å². The molecular weight excluding hydrogens is 238 g/mol. The van der Waals surface area contributed by atoms with Gasteiger partial charge in [0.2, 0.25) is 0 Å². The third kappa shape index (κ3) is 2.92. The van der Waals surface area contributed by atoms with Crippen molar-refractivity contribution in [3.05, 3.63) is 29.8 Å². The number of fused-ring (bicyclic) bond motifs is 1. The van der Waals surface area contributed by atoms with E-state index in [9.17, 15) is 0 Å². The molecule has 1 heterocycles. The Morgan fingerprint density at radius 2 is 1.89 bits per heavy atom. The van der Waals surface area contributed by atoms with E-state index in [2.05, 4.69) is 29.6 Å². The second kappa shape index (κ2) is 6.12. The van der Waals surface area contributed by atoms with Gasteiger partial charge in [0.1, 0.15) is 0 Å². The molecule has 1 saturated carbocycles. The van der Waals surface area contributed by atoms with Crippen LogP contribution in [0, 0.1) is 5.92 Å². The lowest BCUT2D eigenvalue weighted by molar-refractivity contribution is 0.325. The van der Waals surface area contributed by atoms with Gasteiger partial charge in [-0.05, 0) is 49.1 Å². The molecule has 1 aliphatic heterocycles. The van der Waals surface area contributed by atoms with E-state index >= 15 is 0 Å². The second-order valence-corrected chi connectivity index (χ2v) is 6.78. The van der Waals surface area contributed by atoms with Gasteiger partial charge in [-0.25, -0.2) is 0 Å². The Hall–Kier alpha value is -0.470. The van der Waals surface area contributed by atoms with E-state index in [1.54, 1.807) is 0 Å². The third-order valence-electron chi connectivity index (χ3n) is 4.34. The van der Waals surface area contributed by atoms with Crippen molar-refractivity contribution in [2.45, 2.75) is 49.5 Å². The van der Waals surface area contributed by atoms with E-state index in [0.717, 1.165) is 5.92 Å². The molecule has 98 valence electrons. The van der Waals surface area contributed by atoms with Gasteiger partial charge in [-0.1, -0.05) is 37.5 Å². The Kier molecular flexibility index (Phi) is 4.27. The van der Waals surface area contributed by atoms with Gasteiger partial charge in [0.05, 0.1) is 0 Å². The van der Waals surface area contributed by atoms with E-state index in [0.29, 0.717) is 6.04 Å². The number of rotatable bonds is 3. The highest BCUT2D eigenvalue weighted by atomic mass is 32.2. The zero-order valence-corrected chi connectivity index (χ0v) is 11.8. The molecule has 0 aromatic heterocycles. The summed E-state index contributed by atoms with van der Waals surface area (Å²) in [5.41, 5.74) is 1.53. The highest BCUT2D eigenvalue weighted by molar-refractivity contribution is 7.99. The van der Waals surface area contributed by atoms with Crippen LogP contribution >= 0.6 is 11.8 Å². The molecule has 1 fully saturated rings. The Bertz CT molecular complexity index is 384. The summed E-state index contributed by atoms with van der Waals surface area (Å²) in [7, 11) is 0. The van der Waals surface area contributed by atoms with Crippen LogP contribution in [0.5, 0.6) is 0 Å². The average molecular weight is 261 g/mol. The summed E-state index contributed by atoms with van der Waals surface area (Å²) in [4.78, 5) is 1.49. The molecule has 0 amide bonds. The van der Waals surface area contributed by atoms with Gasteiger partial charge in [-0.3, -0.25) is 0 Å². The van der Waals surface area contributed by atoms with Crippen LogP contribution in [0.1, 0.15) is 50.1 Å². The van der Waals surface area contributed by atoms with Crippen molar-refractivity contribution in [3.63, 3.8) is 0 Å². The van der Waals surface area contributed by atoms with Crippen LogP contribution in [0.25, 0.3) is 0 Å². The van der Waals surface area contributed by atoms with Crippen LogP contribution in [-0.2, 0) is 0 Å². The summed E-state index contributed by atoms with van der Waals surface area (Å²) in [6.45, 7) is 1.23. The summed E-state index contributed by atoms with van der Waals surface area (Å²) in [6, 6.07) is 9.52. The summed E-state index contributed by atoms with van der Waals surface area (Å²) in [6.07, 6.45) is 8.52. The predicted octanol–water partition coefficient (Wildman–Crippen LogP) is 4.39. The Morgan fingerprint density at radius 1 is 1.06 bits per heavy atom. The zero-order valence-electron chi connectivity index (χ0n) is 11.0. The number of benzene rings is 1. The number of hydrogen-bond donors (Lipinski definition) is 1. The SMILES string of the molecule is c1ccc2c(c1)SCCC2NCC1CCCCC1. The predicted molar refractivity (Wildman–Crippen MR) is 79.1 cm³/mol. The van der Waals surface area contributed by atoms with Gasteiger partial charge in [-0.2, -0.15) is 0 Å². The third-order valence-corrected chi connectivity index (χ3v) is 5.46. The normalized spacial score (nSPS) is 24.8. The average Bonchev–Trinajstić information content (AvgIpc) is 2.46. The van der Waals surface area contributed by atoms with Crippen LogP contribution in [0.15, 0.2) is 29.2 Å². The van der Waals surface area contributed by atoms with Crippen LogP contribution in [0.4, 0.5) is 0 Å². The van der Waals surface area contributed by atoms with Crippen molar-refractivity contribution in [2.24, 2.45) is 5.92 Å². The van der Waals surface area contributed by atoms with Gasteiger partial charge in [0.25, 0.3) is 0 Å². The standard InChI is InChI=1S/C16H23NS/c1-2-6-13(7-3-1)12-17-15-10-11-18-16-9-5-4-8-14(15)16/h4-5,8-9,13,15,17H,1-3,6-7,10-12H2. The molecule has 0 spiro atoms. The molecule has 1 aromatic carbocycles. The first kappa shape index (κ1) is 12.6. The molecule has 1 aliphatic carbocycles. The molecule has 2 heteroatoms. The van der Waals surface area contributed by atoms with Gasteiger partial charge in [0.15, 0.2) is 0 Å². The first-order valence-electron chi connectivity index (χ1n) is 7.38. The van der Waals surface area contributed by atoms with Crippen LogP contribution < -0.4 is 5.32 Å². The minimum absolute atomic E-state index is 0.601. The Balaban J connectivity index is 1.60. The Labute approximate surface area is 115 Å². The van der Waals surface area contributed by atoms with Gasteiger partial charge < -0.3 is 5.32 Å². The zero-order chi connectivity index (χ0) is 12.2. The van der Waals surface area contributed by atoms with E-state index in [4.69, 9.17) is 0 Å². The fraction of sp³-hybridized carbons (Fsp3) is 0.625. The minimum atomic E-state index is 0.601. The molecule has 0 bridgehead atoms. The highest BCUT2D eigenvalue weighted by Gasteiger charge is 2.21. The van der Waals surface area contributed by atoms with Crippen molar-refractivity contribution < 1.29 is 0 Å². The van der Waals surface area contributed by atoms with Crippen molar-refractivity contribution in [2.75, 3.05) is 12.3 Å². The fourth-order valence-corrected chi connectivity index (χ4v) is 4.38. The molecule has 1 atom stereocenters. The fourth-order valence-electron chi connectivity index (χ4n) is 3.25. The lowest BCUT2D eigenvalue weighted by atomic mass is 9.89. The van der Waals surface area contributed by atoms with Crippen LogP contribution in [-0.4, -0.2) is 12.3 Å². The molecule has 1 unspecified atom stereocenters. The molecule has 0 saturated heterocycles. The van der Waals surface area contributed by atoms with Gasteiger partial charge in [0, 0.05) is 10.9 Å². The maximum atomic E-state index is 3.83. The first-order valence-corrected chi connectivity index (χ1v) is 8.37. The number of thioether (sulfide) groups is 1. The van der Waals surface area contributed by atoms with Crippen molar-refractivity contribution >= 4 is 11.8 Å². The first-order chi connectivity index (χ1) is 8.93. The molecule has 0 radical (unpaired) electrons. The molecule has 1 aromatic rings. The molecule has 18 heavy (non-hydrogen) atoms. The number of hydrogen-bond acceptors (Lipinski definition) is 2. The second-order valence-electron chi connectivity index (χ2n) is 5.64. The molecule has 2 aliphatic rings. The van der Waals surface area contributed by atoms with E-state index in [1.807, 2.05) is 11.8 Å². The highest BCUT2D eigenvalue weighted by Crippen LogP contribution is 2.36. The monoisotopic (exact) mass is 261 g/mol. The summed E-state index contributed by atoms with van der Waals surface area (Å²) < 4.78 is 0. The Morgan fingerprint density at radius 3 is 2.78 bits per heavy atom. The largest absolute Gasteiger partial charge is 0.310 e. The van der Waals surface area contributed by atoms with Crippen LogP contribution in [0.3, 0.4) is 0 Å². The molecule has 1 N–H and O–H groups in total. The maximum Gasteiger partial charge on any atom is 0.0339 e. The lowest BCUT2D eigenvalue weighted by Crippen LogP contribution is -2.30. The molecular formula is C16H23NS. The smallest absolute Gasteiger partial charge is 0.0339 e. The maximum absolute atomic E-state index is 3.83. The topological polar surface area (TPSA) is 12.0 Å².